The van der Waals surface area contributed by atoms with Crippen molar-refractivity contribution in [2.75, 3.05) is 25.0 Å². The Morgan fingerprint density at radius 3 is 2.48 bits per heavy atom. The lowest BCUT2D eigenvalue weighted by atomic mass is 10.0. The standard InChI is InChI=1S/C20H21ClN4O4/c21-15-6-7-17(18(12-15)25(28)29)23-19(26)13-24-10-8-16(9-11-24)22-20(27)14-4-2-1-3-5-14/h1-7,12,16H,8-11,13H2,(H,22,27)(H,23,26). The van der Waals surface area contributed by atoms with Crippen LogP contribution in [0.15, 0.2) is 48.5 Å². The lowest BCUT2D eigenvalue weighted by Gasteiger charge is -2.31. The number of anilines is 1. The molecule has 1 aliphatic heterocycles. The molecule has 2 N–H and O–H groups in total. The number of likely N-dealkylation sites (tertiary alicyclic amines) is 1. The Labute approximate surface area is 173 Å². The van der Waals surface area contributed by atoms with Crippen LogP contribution in [0.25, 0.3) is 0 Å². The maximum absolute atomic E-state index is 12.3. The molecule has 0 atom stereocenters. The van der Waals surface area contributed by atoms with Gasteiger partial charge in [0.2, 0.25) is 5.91 Å². The number of nitrogens with zero attached hydrogens (tertiary/aromatic N) is 2. The van der Waals surface area contributed by atoms with Crippen LogP contribution in [0.5, 0.6) is 0 Å². The topological polar surface area (TPSA) is 105 Å². The maximum Gasteiger partial charge on any atom is 0.294 e. The number of hydrogen-bond donors (Lipinski definition) is 2. The van der Waals surface area contributed by atoms with E-state index >= 15 is 0 Å². The highest BCUT2D eigenvalue weighted by Gasteiger charge is 2.23. The lowest BCUT2D eigenvalue weighted by molar-refractivity contribution is -0.383. The number of rotatable bonds is 6. The minimum atomic E-state index is -0.581. The van der Waals surface area contributed by atoms with Gasteiger partial charge in [-0.3, -0.25) is 24.6 Å². The highest BCUT2D eigenvalue weighted by atomic mass is 35.5. The third kappa shape index (κ3) is 5.75. The van der Waals surface area contributed by atoms with Crippen molar-refractivity contribution in [3.63, 3.8) is 0 Å². The lowest BCUT2D eigenvalue weighted by Crippen LogP contribution is -2.46. The zero-order valence-corrected chi connectivity index (χ0v) is 16.4. The largest absolute Gasteiger partial charge is 0.349 e. The van der Waals surface area contributed by atoms with Crippen molar-refractivity contribution in [3.8, 4) is 0 Å². The Morgan fingerprint density at radius 1 is 1.14 bits per heavy atom. The van der Waals surface area contributed by atoms with Crippen LogP contribution in [0.2, 0.25) is 5.02 Å². The highest BCUT2D eigenvalue weighted by Crippen LogP contribution is 2.27. The van der Waals surface area contributed by atoms with Gasteiger partial charge in [0.25, 0.3) is 11.6 Å². The first-order valence-corrected chi connectivity index (χ1v) is 9.62. The van der Waals surface area contributed by atoms with E-state index in [1.807, 2.05) is 23.1 Å². The van der Waals surface area contributed by atoms with Crippen LogP contribution >= 0.6 is 11.6 Å². The first-order valence-electron chi connectivity index (χ1n) is 9.24. The molecule has 0 spiro atoms. The Morgan fingerprint density at radius 2 is 1.83 bits per heavy atom. The van der Waals surface area contributed by atoms with Gasteiger partial charge in [0.15, 0.2) is 0 Å². The van der Waals surface area contributed by atoms with Gasteiger partial charge in [-0.15, -0.1) is 0 Å². The summed E-state index contributed by atoms with van der Waals surface area (Å²) in [5.74, 6) is -0.431. The van der Waals surface area contributed by atoms with Crippen molar-refractivity contribution >= 4 is 34.8 Å². The van der Waals surface area contributed by atoms with Crippen molar-refractivity contribution in [2.24, 2.45) is 0 Å². The number of benzene rings is 2. The van der Waals surface area contributed by atoms with Crippen LogP contribution in [0.3, 0.4) is 0 Å². The Bertz CT molecular complexity index is 899. The molecule has 1 heterocycles. The van der Waals surface area contributed by atoms with E-state index in [-0.39, 0.29) is 40.8 Å². The molecule has 1 aliphatic rings. The van der Waals surface area contributed by atoms with Crippen LogP contribution in [0.1, 0.15) is 23.2 Å². The van der Waals surface area contributed by atoms with Gasteiger partial charge in [0, 0.05) is 35.8 Å². The molecule has 2 amide bonds. The molecular weight excluding hydrogens is 396 g/mol. The molecule has 8 nitrogen and oxygen atoms in total. The Hall–Kier alpha value is -2.97. The Balaban J connectivity index is 1.48. The molecule has 0 aromatic heterocycles. The van der Waals surface area contributed by atoms with Gasteiger partial charge in [-0.05, 0) is 37.1 Å². The fraction of sp³-hybridized carbons (Fsp3) is 0.300. The van der Waals surface area contributed by atoms with E-state index in [1.165, 1.54) is 18.2 Å². The molecule has 3 rings (SSSR count). The smallest absolute Gasteiger partial charge is 0.294 e. The summed E-state index contributed by atoms with van der Waals surface area (Å²) in [6.07, 6.45) is 1.46. The second-order valence-electron chi connectivity index (χ2n) is 6.86. The number of nitro groups is 1. The number of nitro benzene ring substituents is 1. The summed E-state index contributed by atoms with van der Waals surface area (Å²) in [5, 5.41) is 17.0. The quantitative estimate of drug-likeness (QED) is 0.556. The van der Waals surface area contributed by atoms with Crippen molar-refractivity contribution in [1.29, 1.82) is 0 Å². The zero-order chi connectivity index (χ0) is 20.8. The van der Waals surface area contributed by atoms with Gasteiger partial charge in [0.1, 0.15) is 5.69 Å². The van der Waals surface area contributed by atoms with Crippen molar-refractivity contribution in [2.45, 2.75) is 18.9 Å². The molecule has 0 unspecified atom stereocenters. The van der Waals surface area contributed by atoms with Gasteiger partial charge >= 0.3 is 0 Å². The number of piperidine rings is 1. The maximum atomic E-state index is 12.3. The van der Waals surface area contributed by atoms with Crippen LogP contribution in [0, 0.1) is 10.1 Å². The third-order valence-corrected chi connectivity index (χ3v) is 4.99. The number of halogens is 1. The number of nitrogens with one attached hydrogen (secondary N) is 2. The molecule has 152 valence electrons. The molecule has 1 saturated heterocycles. The molecule has 1 fully saturated rings. The molecular formula is C20H21ClN4O4. The van der Waals surface area contributed by atoms with Crippen LogP contribution < -0.4 is 10.6 Å². The van der Waals surface area contributed by atoms with Crippen LogP contribution in [0.4, 0.5) is 11.4 Å². The number of carbonyl (C=O) groups excluding carboxylic acids is 2. The summed E-state index contributed by atoms with van der Waals surface area (Å²) in [6, 6.07) is 13.2. The summed E-state index contributed by atoms with van der Waals surface area (Å²) in [5.41, 5.74) is 0.501. The second-order valence-corrected chi connectivity index (χ2v) is 7.29. The monoisotopic (exact) mass is 416 g/mol. The van der Waals surface area contributed by atoms with Crippen molar-refractivity contribution in [3.05, 3.63) is 69.2 Å². The van der Waals surface area contributed by atoms with Crippen molar-refractivity contribution in [1.82, 2.24) is 10.2 Å². The minimum Gasteiger partial charge on any atom is -0.349 e. The minimum absolute atomic E-state index is 0.0550. The summed E-state index contributed by atoms with van der Waals surface area (Å²) in [6.45, 7) is 1.42. The summed E-state index contributed by atoms with van der Waals surface area (Å²) in [7, 11) is 0. The summed E-state index contributed by atoms with van der Waals surface area (Å²) >= 11 is 5.79. The molecule has 0 saturated carbocycles. The third-order valence-electron chi connectivity index (χ3n) is 4.76. The number of amides is 2. The average molecular weight is 417 g/mol. The predicted octanol–water partition coefficient (Wildman–Crippen LogP) is 3.08. The number of carbonyl (C=O) groups is 2. The Kier molecular flexibility index (Phi) is 6.79. The van der Waals surface area contributed by atoms with Gasteiger partial charge in [-0.1, -0.05) is 29.8 Å². The molecule has 0 aliphatic carbocycles. The van der Waals surface area contributed by atoms with Gasteiger partial charge in [-0.25, -0.2) is 0 Å². The predicted molar refractivity (Wildman–Crippen MR) is 110 cm³/mol. The fourth-order valence-corrected chi connectivity index (χ4v) is 3.41. The average Bonchev–Trinajstić information content (AvgIpc) is 2.71. The molecule has 2 aromatic rings. The van der Waals surface area contributed by atoms with E-state index in [1.54, 1.807) is 12.1 Å². The van der Waals surface area contributed by atoms with E-state index < -0.39 is 4.92 Å². The highest BCUT2D eigenvalue weighted by molar-refractivity contribution is 6.31. The van der Waals surface area contributed by atoms with Crippen LogP contribution in [-0.4, -0.2) is 47.3 Å². The summed E-state index contributed by atoms with van der Waals surface area (Å²) < 4.78 is 0. The van der Waals surface area contributed by atoms with E-state index in [9.17, 15) is 19.7 Å². The first-order chi connectivity index (χ1) is 13.9. The normalized spacial score (nSPS) is 14.9. The van der Waals surface area contributed by atoms with Gasteiger partial charge < -0.3 is 10.6 Å². The molecule has 0 radical (unpaired) electrons. The SMILES string of the molecule is O=C(CN1CCC(NC(=O)c2ccccc2)CC1)Nc1ccc(Cl)cc1[N+](=O)[O-]. The summed E-state index contributed by atoms with van der Waals surface area (Å²) in [4.78, 5) is 37.0. The fourth-order valence-electron chi connectivity index (χ4n) is 3.25. The molecule has 0 bridgehead atoms. The molecule has 9 heteroatoms. The van der Waals surface area contributed by atoms with E-state index in [2.05, 4.69) is 10.6 Å². The van der Waals surface area contributed by atoms with Crippen LogP contribution in [-0.2, 0) is 4.79 Å². The number of hydrogen-bond acceptors (Lipinski definition) is 5. The first kappa shape index (κ1) is 20.8. The molecule has 2 aromatic carbocycles. The van der Waals surface area contributed by atoms with Gasteiger partial charge in [-0.2, -0.15) is 0 Å². The zero-order valence-electron chi connectivity index (χ0n) is 15.6. The van der Waals surface area contributed by atoms with E-state index in [0.717, 1.165) is 12.8 Å². The van der Waals surface area contributed by atoms with E-state index in [4.69, 9.17) is 11.6 Å². The van der Waals surface area contributed by atoms with Gasteiger partial charge in [0.05, 0.1) is 11.5 Å². The van der Waals surface area contributed by atoms with Crippen molar-refractivity contribution < 1.29 is 14.5 Å². The van der Waals surface area contributed by atoms with E-state index in [0.29, 0.717) is 18.7 Å². The molecule has 29 heavy (non-hydrogen) atoms. The second kappa shape index (κ2) is 9.49.